The SMILES string of the molecule is CCOC(=O)[C@H](CC)Sc1ncnc2c1nnn2-c1ccc(C)cc1. The number of aryl methyl sites for hydroxylation is 1. The van der Waals surface area contributed by atoms with E-state index in [4.69, 9.17) is 4.74 Å². The van der Waals surface area contributed by atoms with Gasteiger partial charge in [0.25, 0.3) is 0 Å². The Morgan fingerprint density at radius 2 is 2.00 bits per heavy atom. The summed E-state index contributed by atoms with van der Waals surface area (Å²) < 4.78 is 6.79. The number of aromatic nitrogens is 5. The Labute approximate surface area is 149 Å². The summed E-state index contributed by atoms with van der Waals surface area (Å²) in [6.07, 6.45) is 2.11. The zero-order valence-electron chi connectivity index (χ0n) is 14.3. The standard InChI is InChI=1S/C17H19N5O2S/c1-4-13(17(23)24-5-2)25-16-14-15(18-10-19-16)22(21-20-14)12-8-6-11(3)7-9-12/h6-10,13H,4-5H2,1-3H3/t13-/m0/s1. The number of rotatable bonds is 6. The number of carbonyl (C=O) groups excluding carboxylic acids is 1. The van der Waals surface area contributed by atoms with E-state index in [9.17, 15) is 4.79 Å². The first-order valence-corrected chi connectivity index (χ1v) is 8.98. The molecule has 0 unspecified atom stereocenters. The molecule has 0 aliphatic heterocycles. The Bertz CT molecular complexity index is 878. The molecule has 0 spiro atoms. The third kappa shape index (κ3) is 3.63. The van der Waals surface area contributed by atoms with Gasteiger partial charge in [0.2, 0.25) is 0 Å². The first-order valence-electron chi connectivity index (χ1n) is 8.10. The van der Waals surface area contributed by atoms with Crippen molar-refractivity contribution in [2.45, 2.75) is 37.5 Å². The summed E-state index contributed by atoms with van der Waals surface area (Å²) in [4.78, 5) is 20.6. The van der Waals surface area contributed by atoms with Crippen molar-refractivity contribution in [2.75, 3.05) is 6.61 Å². The van der Waals surface area contributed by atoms with Gasteiger partial charge in [0.1, 0.15) is 16.6 Å². The number of carbonyl (C=O) groups is 1. The van der Waals surface area contributed by atoms with Crippen LogP contribution in [0.5, 0.6) is 0 Å². The monoisotopic (exact) mass is 357 g/mol. The van der Waals surface area contributed by atoms with Gasteiger partial charge in [-0.25, -0.2) is 9.97 Å². The number of nitrogens with zero attached hydrogens (tertiary/aromatic N) is 5. The van der Waals surface area contributed by atoms with Crippen LogP contribution < -0.4 is 0 Å². The third-order valence-corrected chi connectivity index (χ3v) is 4.99. The second kappa shape index (κ2) is 7.60. The molecule has 0 bridgehead atoms. The highest BCUT2D eigenvalue weighted by atomic mass is 32.2. The average Bonchev–Trinajstić information content (AvgIpc) is 3.05. The number of thioether (sulfide) groups is 1. The summed E-state index contributed by atoms with van der Waals surface area (Å²) >= 11 is 1.34. The molecule has 8 heteroatoms. The number of fused-ring (bicyclic) bond motifs is 1. The molecule has 25 heavy (non-hydrogen) atoms. The third-order valence-electron chi connectivity index (χ3n) is 3.66. The molecule has 0 radical (unpaired) electrons. The maximum Gasteiger partial charge on any atom is 0.319 e. The molecule has 7 nitrogen and oxygen atoms in total. The predicted octanol–water partition coefficient (Wildman–Crippen LogP) is 2.95. The first-order chi connectivity index (χ1) is 12.1. The molecule has 2 aromatic heterocycles. The number of hydrogen-bond donors (Lipinski definition) is 0. The average molecular weight is 357 g/mol. The lowest BCUT2D eigenvalue weighted by Gasteiger charge is -2.12. The number of esters is 1. The lowest BCUT2D eigenvalue weighted by molar-refractivity contribution is -0.142. The van der Waals surface area contributed by atoms with Crippen molar-refractivity contribution in [3.8, 4) is 5.69 Å². The molecule has 1 aromatic carbocycles. The molecule has 0 amide bonds. The minimum absolute atomic E-state index is 0.243. The largest absolute Gasteiger partial charge is 0.465 e. The Kier molecular flexibility index (Phi) is 5.28. The van der Waals surface area contributed by atoms with E-state index in [1.807, 2.05) is 38.1 Å². The molecular weight excluding hydrogens is 338 g/mol. The van der Waals surface area contributed by atoms with Gasteiger partial charge in [-0.15, -0.1) is 5.10 Å². The summed E-state index contributed by atoms with van der Waals surface area (Å²) in [5, 5.41) is 8.73. The van der Waals surface area contributed by atoms with Gasteiger partial charge < -0.3 is 4.74 Å². The van der Waals surface area contributed by atoms with Crippen molar-refractivity contribution in [3.63, 3.8) is 0 Å². The van der Waals surface area contributed by atoms with Crippen LogP contribution in [-0.2, 0) is 9.53 Å². The zero-order valence-corrected chi connectivity index (χ0v) is 15.2. The van der Waals surface area contributed by atoms with Crippen molar-refractivity contribution < 1.29 is 9.53 Å². The van der Waals surface area contributed by atoms with Gasteiger partial charge >= 0.3 is 5.97 Å². The van der Waals surface area contributed by atoms with E-state index in [-0.39, 0.29) is 11.2 Å². The fourth-order valence-electron chi connectivity index (χ4n) is 2.34. The Morgan fingerprint density at radius 3 is 2.68 bits per heavy atom. The van der Waals surface area contributed by atoms with E-state index in [0.29, 0.717) is 29.2 Å². The van der Waals surface area contributed by atoms with E-state index in [0.717, 1.165) is 5.69 Å². The second-order valence-electron chi connectivity index (χ2n) is 5.45. The fourth-order valence-corrected chi connectivity index (χ4v) is 3.29. The molecule has 0 aliphatic rings. The summed E-state index contributed by atoms with van der Waals surface area (Å²) in [5.74, 6) is -0.243. The van der Waals surface area contributed by atoms with Crippen LogP contribution in [0.4, 0.5) is 0 Å². The smallest absolute Gasteiger partial charge is 0.319 e. The Hall–Kier alpha value is -2.48. The highest BCUT2D eigenvalue weighted by molar-refractivity contribution is 8.00. The molecule has 3 aromatic rings. The van der Waals surface area contributed by atoms with Crippen LogP contribution in [0.1, 0.15) is 25.8 Å². The van der Waals surface area contributed by atoms with Crippen molar-refractivity contribution in [1.29, 1.82) is 0 Å². The molecule has 2 heterocycles. The molecule has 130 valence electrons. The van der Waals surface area contributed by atoms with Crippen LogP contribution in [0, 0.1) is 6.92 Å². The van der Waals surface area contributed by atoms with Crippen molar-refractivity contribution in [2.24, 2.45) is 0 Å². The molecule has 3 rings (SSSR count). The van der Waals surface area contributed by atoms with E-state index >= 15 is 0 Å². The molecule has 0 aliphatic carbocycles. The van der Waals surface area contributed by atoms with Crippen molar-refractivity contribution in [3.05, 3.63) is 36.2 Å². The molecule has 0 N–H and O–H groups in total. The van der Waals surface area contributed by atoms with Gasteiger partial charge in [0, 0.05) is 0 Å². The van der Waals surface area contributed by atoms with Gasteiger partial charge in [0.05, 0.1) is 12.3 Å². The fraction of sp³-hybridized carbons (Fsp3) is 0.353. The van der Waals surface area contributed by atoms with Crippen LogP contribution >= 0.6 is 11.8 Å². The van der Waals surface area contributed by atoms with Crippen LogP contribution in [0.25, 0.3) is 16.9 Å². The topological polar surface area (TPSA) is 82.8 Å². The van der Waals surface area contributed by atoms with Crippen LogP contribution in [-0.4, -0.2) is 42.8 Å². The van der Waals surface area contributed by atoms with Gasteiger partial charge in [-0.3, -0.25) is 4.79 Å². The van der Waals surface area contributed by atoms with Crippen LogP contribution in [0.15, 0.2) is 35.6 Å². The van der Waals surface area contributed by atoms with E-state index in [2.05, 4.69) is 20.3 Å². The Morgan fingerprint density at radius 1 is 1.24 bits per heavy atom. The van der Waals surface area contributed by atoms with Crippen molar-refractivity contribution in [1.82, 2.24) is 25.0 Å². The maximum absolute atomic E-state index is 12.0. The highest BCUT2D eigenvalue weighted by Crippen LogP contribution is 2.29. The molecule has 0 fully saturated rings. The Balaban J connectivity index is 1.95. The van der Waals surface area contributed by atoms with Crippen molar-refractivity contribution >= 4 is 28.9 Å². The molecule has 0 saturated carbocycles. The highest BCUT2D eigenvalue weighted by Gasteiger charge is 2.23. The van der Waals surface area contributed by atoms with Gasteiger partial charge in [0.15, 0.2) is 11.2 Å². The second-order valence-corrected chi connectivity index (χ2v) is 6.65. The van der Waals surface area contributed by atoms with Gasteiger partial charge in [-0.1, -0.05) is 41.6 Å². The van der Waals surface area contributed by atoms with Crippen LogP contribution in [0.2, 0.25) is 0 Å². The zero-order chi connectivity index (χ0) is 17.8. The number of benzene rings is 1. The minimum Gasteiger partial charge on any atom is -0.465 e. The summed E-state index contributed by atoms with van der Waals surface area (Å²) in [6, 6.07) is 7.94. The first kappa shape index (κ1) is 17.3. The normalized spacial score (nSPS) is 12.3. The summed E-state index contributed by atoms with van der Waals surface area (Å²) in [5.41, 5.74) is 3.23. The number of ether oxygens (including phenoxy) is 1. The molecular formula is C17H19N5O2S. The predicted molar refractivity (Wildman–Crippen MR) is 95.8 cm³/mol. The van der Waals surface area contributed by atoms with E-state index in [1.54, 1.807) is 11.6 Å². The van der Waals surface area contributed by atoms with E-state index < -0.39 is 0 Å². The maximum atomic E-state index is 12.0. The lowest BCUT2D eigenvalue weighted by Crippen LogP contribution is -2.19. The van der Waals surface area contributed by atoms with Crippen LogP contribution in [0.3, 0.4) is 0 Å². The minimum atomic E-state index is -0.331. The number of hydrogen-bond acceptors (Lipinski definition) is 7. The molecule has 1 atom stereocenters. The molecule has 0 saturated heterocycles. The van der Waals surface area contributed by atoms with Gasteiger partial charge in [-0.2, -0.15) is 4.68 Å². The lowest BCUT2D eigenvalue weighted by atomic mass is 10.2. The summed E-state index contributed by atoms with van der Waals surface area (Å²) in [6.45, 7) is 6.13. The van der Waals surface area contributed by atoms with Gasteiger partial charge in [-0.05, 0) is 32.4 Å². The summed E-state index contributed by atoms with van der Waals surface area (Å²) in [7, 11) is 0. The quantitative estimate of drug-likeness (QED) is 0.381. The van der Waals surface area contributed by atoms with E-state index in [1.165, 1.54) is 23.7 Å².